The average molecular weight is 953 g/mol. The molecule has 0 atom stereocenters. The fourth-order valence-electron chi connectivity index (χ4n) is 9.40. The summed E-state index contributed by atoms with van der Waals surface area (Å²) in [7, 11) is -4.43. The van der Waals surface area contributed by atoms with E-state index < -0.39 is 15.5 Å². The Balaban J connectivity index is 0.920. The summed E-state index contributed by atoms with van der Waals surface area (Å²) in [5.41, 5.74) is 16.3. The number of rotatable bonds is 19. The number of non-ortho nitro benzene ring substituents is 1. The van der Waals surface area contributed by atoms with E-state index in [0.717, 1.165) is 77.3 Å². The molecule has 16 nitrogen and oxygen atoms in total. The molecular weight excluding hydrogens is 895 g/mol. The number of aromatic nitrogens is 4. The van der Waals surface area contributed by atoms with Crippen LogP contribution in [-0.4, -0.2) is 67.1 Å². The number of nitrogens with zero attached hydrogens (tertiary/aromatic N) is 6. The summed E-state index contributed by atoms with van der Waals surface area (Å²) in [6, 6.07) is 25.9. The Hall–Kier alpha value is -7.24. The number of H-pyrrole nitrogens is 1. The molecule has 0 saturated carbocycles. The van der Waals surface area contributed by atoms with Gasteiger partial charge in [0.1, 0.15) is 18.7 Å². The predicted octanol–water partition coefficient (Wildman–Crippen LogP) is 9.10. The first kappa shape index (κ1) is 48.2. The van der Waals surface area contributed by atoms with E-state index in [1.54, 1.807) is 24.3 Å². The third-order valence-corrected chi connectivity index (χ3v) is 14.0. The fourth-order valence-corrected chi connectivity index (χ4v) is 9.90. The van der Waals surface area contributed by atoms with Crippen molar-refractivity contribution in [3.63, 3.8) is 0 Å². The van der Waals surface area contributed by atoms with Gasteiger partial charge in [0, 0.05) is 72.6 Å². The lowest BCUT2D eigenvalue weighted by Crippen LogP contribution is -2.28. The topological polar surface area (TPSA) is 223 Å². The number of nitro groups is 1. The number of hydrogen-bond donors (Lipinski definition) is 4. The maximum atomic E-state index is 12.9. The number of imidazole rings is 1. The van der Waals surface area contributed by atoms with Crippen molar-refractivity contribution in [1.82, 2.24) is 25.3 Å². The van der Waals surface area contributed by atoms with Gasteiger partial charge in [0.2, 0.25) is 23.4 Å². The molecule has 6 aromatic rings. The van der Waals surface area contributed by atoms with Gasteiger partial charge in [-0.1, -0.05) is 74.0 Å². The number of benzene rings is 4. The molecule has 0 unspecified atom stereocenters. The van der Waals surface area contributed by atoms with Gasteiger partial charge in [0.05, 0.1) is 21.6 Å². The second-order valence-corrected chi connectivity index (χ2v) is 20.2. The highest BCUT2D eigenvalue weighted by molar-refractivity contribution is 7.85. The van der Waals surface area contributed by atoms with E-state index >= 15 is 0 Å². The maximum absolute atomic E-state index is 12.9. The van der Waals surface area contributed by atoms with Crippen LogP contribution in [0.3, 0.4) is 0 Å². The number of nitrogen functional groups attached to an aromatic ring is 1. The number of aryl methyl sites for hydroxylation is 2. The number of carbonyl (C=O) groups excluding carboxylic acids is 1. The first-order chi connectivity index (χ1) is 32.9. The van der Waals surface area contributed by atoms with Crippen molar-refractivity contribution in [3.8, 4) is 5.88 Å². The van der Waals surface area contributed by atoms with Crippen molar-refractivity contribution in [1.29, 1.82) is 0 Å². The number of hydrogen-bond acceptors (Lipinski definition) is 11. The predicted molar refractivity (Wildman–Crippen MR) is 266 cm³/mol. The quantitative estimate of drug-likeness (QED) is 0.0196. The second-order valence-electron chi connectivity index (χ2n) is 18.7. The number of aromatic amines is 1. The Morgan fingerprint density at radius 3 is 2.41 bits per heavy atom. The summed E-state index contributed by atoms with van der Waals surface area (Å²) < 4.78 is 42.7. The van der Waals surface area contributed by atoms with Crippen molar-refractivity contribution < 1.29 is 32.0 Å². The van der Waals surface area contributed by atoms with Gasteiger partial charge in [-0.05, 0) is 93.0 Å². The molecular formula is C52H58N9O7S+. The van der Waals surface area contributed by atoms with Crippen LogP contribution in [0.25, 0.3) is 11.2 Å². The second kappa shape index (κ2) is 19.8. The van der Waals surface area contributed by atoms with Crippen LogP contribution in [0.4, 0.5) is 23.0 Å². The lowest BCUT2D eigenvalue weighted by molar-refractivity contribution is -0.438. The number of unbranched alkanes of at least 4 members (excludes halogenated alkanes) is 2. The van der Waals surface area contributed by atoms with Crippen molar-refractivity contribution in [2.24, 2.45) is 0 Å². The van der Waals surface area contributed by atoms with Crippen molar-refractivity contribution >= 4 is 55.9 Å². The van der Waals surface area contributed by atoms with Gasteiger partial charge < -0.3 is 25.7 Å². The minimum atomic E-state index is -4.43. The Bertz CT molecular complexity index is 3120. The molecule has 1 amide bonds. The highest BCUT2D eigenvalue weighted by Gasteiger charge is 2.45. The Morgan fingerprint density at radius 2 is 1.67 bits per heavy atom. The molecule has 2 aliphatic heterocycles. The molecule has 2 aromatic heterocycles. The number of fused-ring (bicyclic) bond motifs is 3. The minimum Gasteiger partial charge on any atom is -0.471 e. The number of allylic oxidation sites excluding steroid dienone is 4. The van der Waals surface area contributed by atoms with Gasteiger partial charge in [-0.3, -0.25) is 19.5 Å². The molecule has 4 heterocycles. The number of nitrogens with two attached hydrogens (primary N) is 1. The van der Waals surface area contributed by atoms with Crippen LogP contribution < -0.4 is 20.7 Å². The maximum Gasteiger partial charge on any atom is 0.294 e. The standard InChI is InChI=1S/C52H57N9O7S/c1-34-15-25-42-40(29-34)51(2,3)44(60(42)28-10-11-35-20-22-38(23-21-35)61(63)64)12-9-13-45-52(4,5)41-30-39(69(65,66)67)24-26-43(41)59(45)27-8-6-7-14-46(62)54-31-36-16-18-37(19-17-36)32-68-49-47-48(56-33-55-47)57-50(53)58-49/h9,12-13,15-26,29-30,33H,6-8,10-11,14,27-28,31-32H2,1-5H3,(H4-,53,54,55,56,57,58,62,65,66,67)/p+1. The van der Waals surface area contributed by atoms with Gasteiger partial charge in [-0.15, -0.1) is 0 Å². The summed E-state index contributed by atoms with van der Waals surface area (Å²) in [6.07, 6.45) is 12.1. The van der Waals surface area contributed by atoms with E-state index in [9.17, 15) is 27.9 Å². The molecule has 69 heavy (non-hydrogen) atoms. The molecule has 8 rings (SSSR count). The van der Waals surface area contributed by atoms with E-state index in [1.165, 1.54) is 23.5 Å². The normalized spacial score (nSPS) is 15.6. The van der Waals surface area contributed by atoms with Crippen LogP contribution in [0, 0.1) is 17.0 Å². The summed E-state index contributed by atoms with van der Waals surface area (Å²) >= 11 is 0. The first-order valence-corrected chi connectivity index (χ1v) is 24.6. The Morgan fingerprint density at radius 1 is 0.928 bits per heavy atom. The largest absolute Gasteiger partial charge is 0.471 e. The van der Waals surface area contributed by atoms with Gasteiger partial charge in [0.25, 0.3) is 15.8 Å². The molecule has 0 fully saturated rings. The zero-order valence-electron chi connectivity index (χ0n) is 39.5. The lowest BCUT2D eigenvalue weighted by atomic mass is 9.81. The molecule has 17 heteroatoms. The highest BCUT2D eigenvalue weighted by Crippen LogP contribution is 2.48. The number of nitrogens with one attached hydrogen (secondary N) is 2. The highest BCUT2D eigenvalue weighted by atomic mass is 32.2. The molecule has 0 spiro atoms. The molecule has 2 aliphatic rings. The molecule has 4 aromatic carbocycles. The third kappa shape index (κ3) is 10.6. The van der Waals surface area contributed by atoms with Crippen LogP contribution in [-0.2, 0) is 45.3 Å². The molecule has 0 bridgehead atoms. The number of nitro benzene ring substituents is 1. The average Bonchev–Trinajstić information content (AvgIpc) is 3.93. The van der Waals surface area contributed by atoms with E-state index in [4.69, 9.17) is 10.5 Å². The van der Waals surface area contributed by atoms with Gasteiger partial charge in [-0.2, -0.15) is 23.0 Å². The van der Waals surface area contributed by atoms with Crippen LogP contribution in [0.5, 0.6) is 5.88 Å². The monoisotopic (exact) mass is 952 g/mol. The molecule has 0 saturated heterocycles. The third-order valence-electron chi connectivity index (χ3n) is 13.2. The van der Waals surface area contributed by atoms with E-state index in [0.29, 0.717) is 43.0 Å². The van der Waals surface area contributed by atoms with Crippen LogP contribution >= 0.6 is 0 Å². The van der Waals surface area contributed by atoms with Crippen LogP contribution in [0.15, 0.2) is 120 Å². The SMILES string of the molecule is Cc1ccc2c(c1)C(C)(C)C(=CC=CC1=[N+](CCCCCC(=O)NCc3ccc(COc4nc(N)nc5nc[nH]c45)cc3)c3ccc(S(=O)(=O)O)cc3C1(C)C)N2CCCc1ccc([N+](=O)[O-])cc1. The van der Waals surface area contributed by atoms with Gasteiger partial charge in [-0.25, -0.2) is 4.98 Å². The summed E-state index contributed by atoms with van der Waals surface area (Å²) in [5.74, 6) is 0.367. The lowest BCUT2D eigenvalue weighted by Gasteiger charge is -2.27. The van der Waals surface area contributed by atoms with Crippen LogP contribution in [0.2, 0.25) is 0 Å². The van der Waals surface area contributed by atoms with E-state index in [1.807, 2.05) is 36.4 Å². The molecule has 5 N–H and O–H groups in total. The number of ether oxygens (including phenoxy) is 1. The van der Waals surface area contributed by atoms with Crippen LogP contribution in [0.1, 0.15) is 93.2 Å². The van der Waals surface area contributed by atoms with E-state index in [-0.39, 0.29) is 39.4 Å². The van der Waals surface area contributed by atoms with Crippen molar-refractivity contribution in [3.05, 3.63) is 159 Å². The first-order valence-electron chi connectivity index (χ1n) is 23.1. The summed E-state index contributed by atoms with van der Waals surface area (Å²) in [6.45, 7) is 12.7. The van der Waals surface area contributed by atoms with Gasteiger partial charge in [0.15, 0.2) is 11.4 Å². The van der Waals surface area contributed by atoms with E-state index in [2.05, 4.69) is 106 Å². The molecule has 0 aliphatic carbocycles. The Labute approximate surface area is 402 Å². The summed E-state index contributed by atoms with van der Waals surface area (Å²) in [4.78, 5) is 41.3. The Kier molecular flexibility index (Phi) is 13.8. The summed E-state index contributed by atoms with van der Waals surface area (Å²) in [5, 5.41) is 14.2. The number of amides is 1. The number of anilines is 2. The van der Waals surface area contributed by atoms with Gasteiger partial charge >= 0.3 is 0 Å². The molecule has 0 radical (unpaired) electrons. The zero-order valence-corrected chi connectivity index (χ0v) is 40.3. The number of carbonyl (C=O) groups is 1. The molecule has 358 valence electrons. The smallest absolute Gasteiger partial charge is 0.294 e. The minimum absolute atomic E-state index is 0.0338. The zero-order chi connectivity index (χ0) is 49.1. The van der Waals surface area contributed by atoms with Crippen molar-refractivity contribution in [2.75, 3.05) is 23.7 Å². The fraction of sp³-hybridized carbons (Fsp3) is 0.327. The van der Waals surface area contributed by atoms with Crippen molar-refractivity contribution in [2.45, 2.75) is 102 Å².